The molecule has 1 nitrogen and oxygen atoms in total. The van der Waals surface area contributed by atoms with Gasteiger partial charge < -0.3 is 0 Å². The van der Waals surface area contributed by atoms with E-state index in [1.165, 1.54) is 5.57 Å². The lowest BCUT2D eigenvalue weighted by molar-refractivity contribution is 1.39. The highest BCUT2D eigenvalue weighted by atomic mass is 79.9. The molecule has 2 aromatic rings. The Morgan fingerprint density at radius 1 is 1.38 bits per heavy atom. The summed E-state index contributed by atoms with van der Waals surface area (Å²) in [5.74, 6) is 0. The molecule has 3 heteroatoms. The Morgan fingerprint density at radius 3 is 2.94 bits per heavy atom. The molecule has 0 atom stereocenters. The van der Waals surface area contributed by atoms with Gasteiger partial charge in [-0.2, -0.15) is 0 Å². The van der Waals surface area contributed by atoms with Gasteiger partial charge >= 0.3 is 0 Å². The lowest BCUT2D eigenvalue weighted by atomic mass is 10.1. The van der Waals surface area contributed by atoms with E-state index in [0.29, 0.717) is 0 Å². The van der Waals surface area contributed by atoms with E-state index in [-0.39, 0.29) is 0 Å². The fourth-order valence-electron chi connectivity index (χ4n) is 1.58. The van der Waals surface area contributed by atoms with Crippen molar-refractivity contribution < 1.29 is 0 Å². The molecular weight excluding hydrogens is 330 g/mol. The van der Waals surface area contributed by atoms with Gasteiger partial charge in [0, 0.05) is 26.9 Å². The Hall–Kier alpha value is -0.670. The summed E-state index contributed by atoms with van der Waals surface area (Å²) >= 11 is 7.00. The minimum absolute atomic E-state index is 0.886. The third-order valence-electron chi connectivity index (χ3n) is 2.36. The molecule has 0 saturated carbocycles. The summed E-state index contributed by atoms with van der Waals surface area (Å²) in [5.41, 5.74) is 3.49. The number of allylic oxidation sites excluding steroid dienone is 1. The van der Waals surface area contributed by atoms with Crippen molar-refractivity contribution in [3.8, 4) is 0 Å². The first-order valence-corrected chi connectivity index (χ1v) is 6.90. The van der Waals surface area contributed by atoms with Crippen LogP contribution in [0.5, 0.6) is 0 Å². The SMILES string of the molecule is C/C(=C/c1ccc(Br)c2cccnc12)CBr. The van der Waals surface area contributed by atoms with Crippen molar-refractivity contribution in [2.24, 2.45) is 0 Å². The molecule has 1 aromatic carbocycles. The molecule has 0 bridgehead atoms. The molecular formula is C13H11Br2N. The van der Waals surface area contributed by atoms with Gasteiger partial charge in [0.25, 0.3) is 0 Å². The lowest BCUT2D eigenvalue weighted by Crippen LogP contribution is -1.85. The van der Waals surface area contributed by atoms with Gasteiger partial charge in [-0.15, -0.1) is 0 Å². The zero-order valence-corrected chi connectivity index (χ0v) is 12.0. The van der Waals surface area contributed by atoms with Crippen LogP contribution in [0.3, 0.4) is 0 Å². The Balaban J connectivity index is 2.68. The molecule has 0 spiro atoms. The van der Waals surface area contributed by atoms with Crippen LogP contribution in [0, 0.1) is 0 Å². The number of alkyl halides is 1. The second-order valence-electron chi connectivity index (χ2n) is 3.66. The molecule has 0 unspecified atom stereocenters. The first-order chi connectivity index (χ1) is 7.72. The summed E-state index contributed by atoms with van der Waals surface area (Å²) in [7, 11) is 0. The number of aromatic nitrogens is 1. The highest BCUT2D eigenvalue weighted by molar-refractivity contribution is 9.10. The van der Waals surface area contributed by atoms with Gasteiger partial charge in [0.2, 0.25) is 0 Å². The molecule has 0 fully saturated rings. The fourth-order valence-corrected chi connectivity index (χ4v) is 2.19. The van der Waals surface area contributed by atoms with E-state index in [4.69, 9.17) is 0 Å². The number of benzene rings is 1. The second-order valence-corrected chi connectivity index (χ2v) is 5.08. The highest BCUT2D eigenvalue weighted by Crippen LogP contribution is 2.26. The van der Waals surface area contributed by atoms with Gasteiger partial charge in [-0.05, 0) is 19.1 Å². The predicted molar refractivity (Wildman–Crippen MR) is 76.9 cm³/mol. The maximum atomic E-state index is 4.44. The van der Waals surface area contributed by atoms with Crippen molar-refractivity contribution in [2.75, 3.05) is 5.33 Å². The smallest absolute Gasteiger partial charge is 0.0785 e. The minimum atomic E-state index is 0.886. The molecule has 0 N–H and O–H groups in total. The van der Waals surface area contributed by atoms with E-state index < -0.39 is 0 Å². The van der Waals surface area contributed by atoms with Crippen LogP contribution in [0.4, 0.5) is 0 Å². The molecule has 0 aliphatic rings. The number of halogens is 2. The van der Waals surface area contributed by atoms with Crippen LogP contribution in [0.2, 0.25) is 0 Å². The maximum absolute atomic E-state index is 4.44. The Kier molecular flexibility index (Phi) is 3.77. The summed E-state index contributed by atoms with van der Waals surface area (Å²) < 4.78 is 1.09. The molecule has 0 radical (unpaired) electrons. The molecule has 0 aliphatic carbocycles. The van der Waals surface area contributed by atoms with Crippen molar-refractivity contribution in [1.82, 2.24) is 4.98 Å². The van der Waals surface area contributed by atoms with E-state index in [9.17, 15) is 0 Å². The number of pyridine rings is 1. The fraction of sp³-hybridized carbons (Fsp3) is 0.154. The molecule has 0 amide bonds. The number of fused-ring (bicyclic) bond motifs is 1. The van der Waals surface area contributed by atoms with Crippen LogP contribution in [-0.2, 0) is 0 Å². The molecule has 1 heterocycles. The molecule has 16 heavy (non-hydrogen) atoms. The maximum Gasteiger partial charge on any atom is 0.0785 e. The van der Waals surface area contributed by atoms with Crippen LogP contribution < -0.4 is 0 Å². The predicted octanol–water partition coefficient (Wildman–Crippen LogP) is 4.80. The van der Waals surface area contributed by atoms with Crippen LogP contribution in [-0.4, -0.2) is 10.3 Å². The largest absolute Gasteiger partial charge is 0.256 e. The lowest BCUT2D eigenvalue weighted by Gasteiger charge is -2.04. The molecule has 2 rings (SSSR count). The van der Waals surface area contributed by atoms with Gasteiger partial charge in [0.15, 0.2) is 0 Å². The summed E-state index contributed by atoms with van der Waals surface area (Å²) in [6, 6.07) is 8.19. The first-order valence-electron chi connectivity index (χ1n) is 4.98. The average Bonchev–Trinajstić information content (AvgIpc) is 2.33. The van der Waals surface area contributed by atoms with Gasteiger partial charge in [-0.3, -0.25) is 4.98 Å². The normalized spacial score (nSPS) is 12.1. The Morgan fingerprint density at radius 2 is 2.19 bits per heavy atom. The number of hydrogen-bond donors (Lipinski definition) is 0. The molecule has 0 aliphatic heterocycles. The van der Waals surface area contributed by atoms with Crippen LogP contribution in [0.25, 0.3) is 17.0 Å². The monoisotopic (exact) mass is 339 g/mol. The van der Waals surface area contributed by atoms with Gasteiger partial charge in [-0.1, -0.05) is 55.6 Å². The van der Waals surface area contributed by atoms with Crippen LogP contribution in [0.15, 0.2) is 40.5 Å². The van der Waals surface area contributed by atoms with Crippen molar-refractivity contribution >= 4 is 48.8 Å². The van der Waals surface area contributed by atoms with E-state index in [1.54, 1.807) is 0 Å². The van der Waals surface area contributed by atoms with Crippen molar-refractivity contribution in [2.45, 2.75) is 6.92 Å². The topological polar surface area (TPSA) is 12.9 Å². The minimum Gasteiger partial charge on any atom is -0.256 e. The van der Waals surface area contributed by atoms with E-state index in [2.05, 4.69) is 68.0 Å². The Bertz CT molecular complexity index is 547. The first kappa shape index (κ1) is 11.8. The van der Waals surface area contributed by atoms with Crippen molar-refractivity contribution in [1.29, 1.82) is 0 Å². The van der Waals surface area contributed by atoms with Gasteiger partial charge in [0.05, 0.1) is 5.52 Å². The highest BCUT2D eigenvalue weighted by Gasteiger charge is 2.03. The van der Waals surface area contributed by atoms with Crippen molar-refractivity contribution in [3.63, 3.8) is 0 Å². The summed E-state index contributed by atoms with van der Waals surface area (Å²) in [6.45, 7) is 2.10. The van der Waals surface area contributed by atoms with Crippen LogP contribution >= 0.6 is 31.9 Å². The average molecular weight is 341 g/mol. The standard InChI is InChI=1S/C13H11Br2N/c1-9(8-14)7-10-4-5-12(15)11-3-2-6-16-13(10)11/h2-7H,8H2,1H3/b9-7-. The zero-order chi connectivity index (χ0) is 11.5. The van der Waals surface area contributed by atoms with Crippen LogP contribution in [0.1, 0.15) is 12.5 Å². The Labute approximate surface area is 112 Å². The molecule has 1 aromatic heterocycles. The molecule has 82 valence electrons. The number of hydrogen-bond acceptors (Lipinski definition) is 1. The van der Waals surface area contributed by atoms with Gasteiger partial charge in [0.1, 0.15) is 0 Å². The summed E-state index contributed by atoms with van der Waals surface area (Å²) in [5, 5.41) is 2.04. The summed E-state index contributed by atoms with van der Waals surface area (Å²) in [6.07, 6.45) is 3.99. The molecule has 0 saturated heterocycles. The van der Waals surface area contributed by atoms with Crippen molar-refractivity contribution in [3.05, 3.63) is 46.1 Å². The van der Waals surface area contributed by atoms with Gasteiger partial charge in [-0.25, -0.2) is 0 Å². The quantitative estimate of drug-likeness (QED) is 0.716. The third-order valence-corrected chi connectivity index (χ3v) is 3.94. The zero-order valence-electron chi connectivity index (χ0n) is 8.87. The number of nitrogens with zero attached hydrogens (tertiary/aromatic N) is 1. The van der Waals surface area contributed by atoms with E-state index in [1.807, 2.05) is 12.3 Å². The summed E-state index contributed by atoms with van der Waals surface area (Å²) in [4.78, 5) is 4.44. The number of rotatable bonds is 2. The second kappa shape index (κ2) is 5.11. The third kappa shape index (κ3) is 2.36. The van der Waals surface area contributed by atoms with E-state index >= 15 is 0 Å². The van der Waals surface area contributed by atoms with E-state index in [0.717, 1.165) is 26.3 Å².